The third-order valence-electron chi connectivity index (χ3n) is 5.64. The molecular formula is C22H23ClFN3O2. The molecule has 29 heavy (non-hydrogen) atoms. The number of hydrogen-bond donors (Lipinski definition) is 0. The maximum Gasteiger partial charge on any atom is 0.239 e. The largest absolute Gasteiger partial charge is 0.370 e. The van der Waals surface area contributed by atoms with Gasteiger partial charge in [0.2, 0.25) is 11.8 Å². The Labute approximate surface area is 174 Å². The van der Waals surface area contributed by atoms with E-state index in [0.717, 1.165) is 24.3 Å². The van der Waals surface area contributed by atoms with Gasteiger partial charge in [-0.05, 0) is 61.4 Å². The SMILES string of the molecule is O=C(C1CCN(c2ccc(Cl)cc2)C1=O)N1CCCN(c2ccc(F)cc2)CC1. The third-order valence-corrected chi connectivity index (χ3v) is 5.89. The van der Waals surface area contributed by atoms with E-state index in [1.165, 1.54) is 12.1 Å². The molecule has 2 aliphatic rings. The summed E-state index contributed by atoms with van der Waals surface area (Å²) in [5.74, 6) is -1.11. The van der Waals surface area contributed by atoms with Crippen molar-refractivity contribution in [3.8, 4) is 0 Å². The van der Waals surface area contributed by atoms with Crippen LogP contribution in [0.1, 0.15) is 12.8 Å². The summed E-state index contributed by atoms with van der Waals surface area (Å²) in [5, 5.41) is 0.614. The van der Waals surface area contributed by atoms with Gasteiger partial charge < -0.3 is 14.7 Å². The fraction of sp³-hybridized carbons (Fsp3) is 0.364. The van der Waals surface area contributed by atoms with Crippen molar-refractivity contribution in [2.75, 3.05) is 42.5 Å². The lowest BCUT2D eigenvalue weighted by Crippen LogP contribution is -2.42. The normalized spacial score (nSPS) is 20.1. The molecular weight excluding hydrogens is 393 g/mol. The summed E-state index contributed by atoms with van der Waals surface area (Å²) in [5.41, 5.74) is 1.72. The Morgan fingerprint density at radius 3 is 2.31 bits per heavy atom. The summed E-state index contributed by atoms with van der Waals surface area (Å²) in [6.45, 7) is 3.18. The van der Waals surface area contributed by atoms with Gasteiger partial charge in [-0.3, -0.25) is 9.59 Å². The molecule has 4 rings (SSSR count). The number of rotatable bonds is 3. The molecule has 2 amide bonds. The van der Waals surface area contributed by atoms with Gasteiger partial charge >= 0.3 is 0 Å². The van der Waals surface area contributed by atoms with Crippen LogP contribution in [-0.2, 0) is 9.59 Å². The Morgan fingerprint density at radius 2 is 1.59 bits per heavy atom. The number of halogens is 2. The van der Waals surface area contributed by atoms with Crippen molar-refractivity contribution < 1.29 is 14.0 Å². The van der Waals surface area contributed by atoms with Crippen LogP contribution in [-0.4, -0.2) is 49.4 Å². The summed E-state index contributed by atoms with van der Waals surface area (Å²) in [4.78, 5) is 31.6. The highest BCUT2D eigenvalue weighted by molar-refractivity contribution is 6.30. The van der Waals surface area contributed by atoms with Crippen LogP contribution >= 0.6 is 11.6 Å². The molecule has 1 unspecified atom stereocenters. The predicted octanol–water partition coefficient (Wildman–Crippen LogP) is 3.57. The van der Waals surface area contributed by atoms with Crippen molar-refractivity contribution in [2.45, 2.75) is 12.8 Å². The van der Waals surface area contributed by atoms with Crippen LogP contribution in [0.3, 0.4) is 0 Å². The minimum atomic E-state index is -0.622. The lowest BCUT2D eigenvalue weighted by Gasteiger charge is -2.25. The van der Waals surface area contributed by atoms with Crippen molar-refractivity contribution in [1.82, 2.24) is 4.90 Å². The zero-order chi connectivity index (χ0) is 20.4. The summed E-state index contributed by atoms with van der Waals surface area (Å²) < 4.78 is 13.2. The Kier molecular flexibility index (Phi) is 5.72. The van der Waals surface area contributed by atoms with Crippen molar-refractivity contribution in [2.24, 2.45) is 5.92 Å². The maximum atomic E-state index is 13.2. The minimum Gasteiger partial charge on any atom is -0.370 e. The van der Waals surface area contributed by atoms with E-state index < -0.39 is 5.92 Å². The number of amides is 2. The second kappa shape index (κ2) is 8.41. The fourth-order valence-electron chi connectivity index (χ4n) is 4.05. The molecule has 0 aliphatic carbocycles. The molecule has 0 bridgehead atoms. The van der Waals surface area contributed by atoms with Gasteiger partial charge in [-0.2, -0.15) is 0 Å². The molecule has 0 radical (unpaired) electrons. The Morgan fingerprint density at radius 1 is 0.897 bits per heavy atom. The fourth-order valence-corrected chi connectivity index (χ4v) is 4.18. The molecule has 2 saturated heterocycles. The number of nitrogens with zero attached hydrogens (tertiary/aromatic N) is 3. The Hall–Kier alpha value is -2.60. The van der Waals surface area contributed by atoms with Gasteiger partial charge in [0, 0.05) is 49.1 Å². The van der Waals surface area contributed by atoms with Crippen LogP contribution in [0.4, 0.5) is 15.8 Å². The zero-order valence-corrected chi connectivity index (χ0v) is 16.8. The van der Waals surface area contributed by atoms with E-state index in [9.17, 15) is 14.0 Å². The van der Waals surface area contributed by atoms with E-state index in [2.05, 4.69) is 4.90 Å². The number of carbonyl (C=O) groups excluding carboxylic acids is 2. The molecule has 7 heteroatoms. The minimum absolute atomic E-state index is 0.0904. The molecule has 1 atom stereocenters. The Balaban J connectivity index is 1.40. The lowest BCUT2D eigenvalue weighted by atomic mass is 10.1. The quantitative estimate of drug-likeness (QED) is 0.720. The first kappa shape index (κ1) is 19.7. The molecule has 0 N–H and O–H groups in total. The lowest BCUT2D eigenvalue weighted by molar-refractivity contribution is -0.139. The summed E-state index contributed by atoms with van der Waals surface area (Å²) >= 11 is 5.93. The smallest absolute Gasteiger partial charge is 0.239 e. The maximum absolute atomic E-state index is 13.2. The van der Waals surface area contributed by atoms with Gasteiger partial charge in [-0.1, -0.05) is 11.6 Å². The zero-order valence-electron chi connectivity index (χ0n) is 16.1. The molecule has 2 aliphatic heterocycles. The highest BCUT2D eigenvalue weighted by Crippen LogP contribution is 2.28. The second-order valence-electron chi connectivity index (χ2n) is 7.45. The number of benzene rings is 2. The van der Waals surface area contributed by atoms with Crippen LogP contribution in [0.5, 0.6) is 0 Å². The van der Waals surface area contributed by atoms with E-state index in [-0.39, 0.29) is 17.6 Å². The molecule has 2 aromatic carbocycles. The van der Waals surface area contributed by atoms with Gasteiger partial charge in [0.15, 0.2) is 0 Å². The van der Waals surface area contributed by atoms with Gasteiger partial charge in [0.25, 0.3) is 0 Å². The van der Waals surface area contributed by atoms with Crippen LogP contribution in [0.2, 0.25) is 5.02 Å². The molecule has 0 aromatic heterocycles. The molecule has 0 spiro atoms. The standard InChI is InChI=1S/C22H23ClFN3O2/c23-16-2-6-19(7-3-16)27-13-10-20(22(27)29)21(28)26-12-1-11-25(14-15-26)18-8-4-17(24)5-9-18/h2-9,20H,1,10-15H2. The van der Waals surface area contributed by atoms with E-state index in [0.29, 0.717) is 37.6 Å². The van der Waals surface area contributed by atoms with Crippen molar-refractivity contribution >= 4 is 34.8 Å². The van der Waals surface area contributed by atoms with Crippen molar-refractivity contribution in [3.05, 3.63) is 59.4 Å². The van der Waals surface area contributed by atoms with Crippen molar-refractivity contribution in [3.63, 3.8) is 0 Å². The average molecular weight is 416 g/mol. The molecule has 2 fully saturated rings. The number of anilines is 2. The first-order chi connectivity index (χ1) is 14.0. The second-order valence-corrected chi connectivity index (χ2v) is 7.89. The van der Waals surface area contributed by atoms with Crippen LogP contribution in [0.25, 0.3) is 0 Å². The first-order valence-corrected chi connectivity index (χ1v) is 10.3. The molecule has 5 nitrogen and oxygen atoms in total. The van der Waals surface area contributed by atoms with Crippen LogP contribution in [0, 0.1) is 11.7 Å². The van der Waals surface area contributed by atoms with Crippen molar-refractivity contribution in [1.29, 1.82) is 0 Å². The molecule has 2 heterocycles. The highest BCUT2D eigenvalue weighted by atomic mass is 35.5. The Bertz CT molecular complexity index is 888. The van der Waals surface area contributed by atoms with E-state index in [1.54, 1.807) is 46.2 Å². The van der Waals surface area contributed by atoms with Gasteiger partial charge in [-0.15, -0.1) is 0 Å². The van der Waals surface area contributed by atoms with Gasteiger partial charge in [-0.25, -0.2) is 4.39 Å². The average Bonchev–Trinajstić information content (AvgIpc) is 2.95. The molecule has 0 saturated carbocycles. The number of hydrogen-bond acceptors (Lipinski definition) is 3. The number of carbonyl (C=O) groups is 2. The van der Waals surface area contributed by atoms with E-state index in [1.807, 2.05) is 0 Å². The highest BCUT2D eigenvalue weighted by Gasteiger charge is 2.39. The van der Waals surface area contributed by atoms with E-state index in [4.69, 9.17) is 11.6 Å². The molecule has 152 valence electrons. The predicted molar refractivity (Wildman–Crippen MR) is 112 cm³/mol. The van der Waals surface area contributed by atoms with Crippen LogP contribution in [0.15, 0.2) is 48.5 Å². The topological polar surface area (TPSA) is 43.9 Å². The third kappa shape index (κ3) is 4.22. The summed E-state index contributed by atoms with van der Waals surface area (Å²) in [6, 6.07) is 13.5. The van der Waals surface area contributed by atoms with Gasteiger partial charge in [0.05, 0.1) is 0 Å². The van der Waals surface area contributed by atoms with Gasteiger partial charge in [0.1, 0.15) is 11.7 Å². The van der Waals surface area contributed by atoms with E-state index >= 15 is 0 Å². The van der Waals surface area contributed by atoms with Crippen LogP contribution < -0.4 is 9.80 Å². The summed E-state index contributed by atoms with van der Waals surface area (Å²) in [6.07, 6.45) is 1.34. The first-order valence-electron chi connectivity index (χ1n) is 9.89. The molecule has 2 aromatic rings. The monoisotopic (exact) mass is 415 g/mol. The summed E-state index contributed by atoms with van der Waals surface area (Å²) in [7, 11) is 0.